The average molecular weight is 305 g/mol. The van der Waals surface area contributed by atoms with Crippen LogP contribution in [0.1, 0.15) is 5.56 Å². The summed E-state index contributed by atoms with van der Waals surface area (Å²) in [5.41, 5.74) is 1.28. The summed E-state index contributed by atoms with van der Waals surface area (Å²) in [5, 5.41) is 0. The van der Waals surface area contributed by atoms with E-state index in [2.05, 4.69) is 50.1 Å². The molecule has 0 N–H and O–H groups in total. The predicted octanol–water partition coefficient (Wildman–Crippen LogP) is 3.24. The number of fused-ring (bicyclic) bond motifs is 1. The van der Waals surface area contributed by atoms with E-state index in [9.17, 15) is 0 Å². The van der Waals surface area contributed by atoms with Gasteiger partial charge in [-0.25, -0.2) is 4.98 Å². The third kappa shape index (κ3) is 2.34. The second-order valence-electron chi connectivity index (χ2n) is 4.21. The summed E-state index contributed by atoms with van der Waals surface area (Å²) >= 11 is 3.41. The molecule has 0 bridgehead atoms. The number of hydrogen-bond donors (Lipinski definition) is 0. The number of pyridine rings is 1. The van der Waals surface area contributed by atoms with Gasteiger partial charge in [-0.15, -0.1) is 0 Å². The largest absolute Gasteiger partial charge is 0.488 e. The topological polar surface area (TPSA) is 25.4 Å². The number of halogens is 1. The second-order valence-corrected chi connectivity index (χ2v) is 5.02. The second kappa shape index (κ2) is 4.98. The van der Waals surface area contributed by atoms with Crippen molar-refractivity contribution in [2.24, 2.45) is 0 Å². The van der Waals surface area contributed by atoms with Crippen molar-refractivity contribution in [3.8, 4) is 5.75 Å². The van der Waals surface area contributed by atoms with Crippen molar-refractivity contribution in [1.82, 2.24) is 4.98 Å². The molecular formula is C14H13BrN2O. The zero-order chi connectivity index (χ0) is 12.4. The smallest absolute Gasteiger partial charge is 0.172 e. The summed E-state index contributed by atoms with van der Waals surface area (Å²) < 4.78 is 6.46. The highest BCUT2D eigenvalue weighted by Crippen LogP contribution is 2.31. The zero-order valence-corrected chi connectivity index (χ0v) is 11.4. The first-order valence-electron chi connectivity index (χ1n) is 5.91. The number of aromatic nitrogens is 1. The molecule has 1 aliphatic rings. The molecule has 1 aromatic heterocycles. The van der Waals surface area contributed by atoms with Gasteiger partial charge in [-0.05, 0) is 33.6 Å². The van der Waals surface area contributed by atoms with Gasteiger partial charge in [0.25, 0.3) is 0 Å². The molecule has 0 saturated heterocycles. The summed E-state index contributed by atoms with van der Waals surface area (Å²) in [5.74, 6) is 1.78. The summed E-state index contributed by atoms with van der Waals surface area (Å²) in [7, 11) is 0. The fourth-order valence-electron chi connectivity index (χ4n) is 2.08. The van der Waals surface area contributed by atoms with Crippen molar-refractivity contribution >= 4 is 21.7 Å². The number of anilines is 1. The van der Waals surface area contributed by atoms with Crippen molar-refractivity contribution < 1.29 is 4.74 Å². The van der Waals surface area contributed by atoms with E-state index < -0.39 is 0 Å². The van der Waals surface area contributed by atoms with Gasteiger partial charge in [0.2, 0.25) is 0 Å². The molecule has 2 heterocycles. The fraction of sp³-hybridized carbons (Fsp3) is 0.214. The minimum atomic E-state index is 0.711. The maximum Gasteiger partial charge on any atom is 0.172 e. The lowest BCUT2D eigenvalue weighted by Gasteiger charge is -2.30. The first kappa shape index (κ1) is 11.5. The van der Waals surface area contributed by atoms with Gasteiger partial charge in [-0.3, -0.25) is 0 Å². The van der Waals surface area contributed by atoms with Crippen LogP contribution in [0.5, 0.6) is 5.75 Å². The lowest BCUT2D eigenvalue weighted by Crippen LogP contribution is -2.33. The minimum Gasteiger partial charge on any atom is -0.488 e. The van der Waals surface area contributed by atoms with Crippen LogP contribution in [0.4, 0.5) is 5.82 Å². The van der Waals surface area contributed by atoms with E-state index in [1.54, 1.807) is 0 Å². The van der Waals surface area contributed by atoms with Gasteiger partial charge in [0.1, 0.15) is 11.2 Å². The van der Waals surface area contributed by atoms with Gasteiger partial charge in [-0.1, -0.05) is 30.3 Å². The fourth-order valence-corrected chi connectivity index (χ4v) is 2.38. The normalized spacial score (nSPS) is 13.9. The molecule has 4 heteroatoms. The Hall–Kier alpha value is -1.55. The van der Waals surface area contributed by atoms with Crippen LogP contribution >= 0.6 is 15.9 Å². The molecule has 0 saturated carbocycles. The monoisotopic (exact) mass is 304 g/mol. The van der Waals surface area contributed by atoms with Gasteiger partial charge >= 0.3 is 0 Å². The minimum absolute atomic E-state index is 0.711. The molecule has 18 heavy (non-hydrogen) atoms. The Balaban J connectivity index is 1.89. The summed E-state index contributed by atoms with van der Waals surface area (Å²) in [4.78, 5) is 6.76. The first-order valence-corrected chi connectivity index (χ1v) is 6.70. The van der Waals surface area contributed by atoms with Crippen LogP contribution < -0.4 is 9.64 Å². The molecular weight excluding hydrogens is 292 g/mol. The van der Waals surface area contributed by atoms with E-state index in [1.807, 2.05) is 18.2 Å². The van der Waals surface area contributed by atoms with E-state index in [-0.39, 0.29) is 0 Å². The Bertz CT molecular complexity index is 545. The first-order chi connectivity index (χ1) is 8.83. The molecule has 0 spiro atoms. The van der Waals surface area contributed by atoms with Gasteiger partial charge in [0, 0.05) is 6.54 Å². The van der Waals surface area contributed by atoms with Gasteiger partial charge in [0.15, 0.2) is 11.6 Å². The van der Waals surface area contributed by atoms with E-state index in [0.29, 0.717) is 6.61 Å². The molecule has 1 aromatic carbocycles. The van der Waals surface area contributed by atoms with Crippen LogP contribution in [-0.4, -0.2) is 18.1 Å². The molecule has 3 rings (SSSR count). The van der Waals surface area contributed by atoms with Crippen LogP contribution in [-0.2, 0) is 6.54 Å². The Morgan fingerprint density at radius 3 is 2.83 bits per heavy atom. The summed E-state index contributed by atoms with van der Waals surface area (Å²) in [6.07, 6.45) is 0. The Kier molecular flexibility index (Phi) is 3.19. The van der Waals surface area contributed by atoms with E-state index >= 15 is 0 Å². The van der Waals surface area contributed by atoms with Crippen molar-refractivity contribution in [1.29, 1.82) is 0 Å². The Labute approximate surface area is 115 Å². The Morgan fingerprint density at radius 2 is 2.00 bits per heavy atom. The number of nitrogens with zero attached hydrogens (tertiary/aromatic N) is 2. The highest BCUT2D eigenvalue weighted by atomic mass is 79.9. The average Bonchev–Trinajstić information content (AvgIpc) is 2.41. The van der Waals surface area contributed by atoms with Crippen LogP contribution in [0.3, 0.4) is 0 Å². The third-order valence-electron chi connectivity index (χ3n) is 2.94. The number of hydrogen-bond acceptors (Lipinski definition) is 3. The highest BCUT2D eigenvalue weighted by Gasteiger charge is 2.19. The molecule has 1 aliphatic heterocycles. The number of ether oxygens (including phenoxy) is 1. The number of rotatable bonds is 2. The van der Waals surface area contributed by atoms with Gasteiger partial charge in [-0.2, -0.15) is 0 Å². The van der Waals surface area contributed by atoms with Gasteiger partial charge < -0.3 is 9.64 Å². The van der Waals surface area contributed by atoms with E-state index in [4.69, 9.17) is 4.74 Å². The maximum absolute atomic E-state index is 5.62. The third-order valence-corrected chi connectivity index (χ3v) is 3.38. The molecule has 0 amide bonds. The zero-order valence-electron chi connectivity index (χ0n) is 9.84. The lowest BCUT2D eigenvalue weighted by molar-refractivity contribution is 0.304. The van der Waals surface area contributed by atoms with Crippen molar-refractivity contribution in [3.05, 3.63) is 52.6 Å². The highest BCUT2D eigenvalue weighted by molar-refractivity contribution is 9.10. The van der Waals surface area contributed by atoms with Crippen molar-refractivity contribution in [2.45, 2.75) is 6.54 Å². The van der Waals surface area contributed by atoms with Crippen LogP contribution in [0.2, 0.25) is 0 Å². The number of benzene rings is 1. The standard InChI is InChI=1S/C14H13BrN2O/c15-13-7-6-12-14(16-13)17(8-9-18-12)10-11-4-2-1-3-5-11/h1-7H,8-10H2. The van der Waals surface area contributed by atoms with Crippen LogP contribution in [0, 0.1) is 0 Å². The van der Waals surface area contributed by atoms with Crippen LogP contribution in [0.25, 0.3) is 0 Å². The molecule has 0 atom stereocenters. The van der Waals surface area contributed by atoms with E-state index in [0.717, 1.165) is 29.3 Å². The molecule has 3 nitrogen and oxygen atoms in total. The predicted molar refractivity (Wildman–Crippen MR) is 74.9 cm³/mol. The molecule has 0 unspecified atom stereocenters. The van der Waals surface area contributed by atoms with Gasteiger partial charge in [0.05, 0.1) is 6.54 Å². The summed E-state index contributed by atoms with van der Waals surface area (Å²) in [6.45, 7) is 2.44. The van der Waals surface area contributed by atoms with Crippen molar-refractivity contribution in [3.63, 3.8) is 0 Å². The molecule has 0 radical (unpaired) electrons. The van der Waals surface area contributed by atoms with Crippen molar-refractivity contribution in [2.75, 3.05) is 18.1 Å². The maximum atomic E-state index is 5.62. The quantitative estimate of drug-likeness (QED) is 0.797. The van der Waals surface area contributed by atoms with Crippen LogP contribution in [0.15, 0.2) is 47.1 Å². The molecule has 0 aliphatic carbocycles. The molecule has 0 fully saturated rings. The molecule has 92 valence electrons. The summed E-state index contributed by atoms with van der Waals surface area (Å²) in [6, 6.07) is 14.3. The Morgan fingerprint density at radius 1 is 1.17 bits per heavy atom. The molecule has 2 aromatic rings. The SMILES string of the molecule is Brc1ccc2c(n1)N(Cc1ccccc1)CCO2. The lowest BCUT2D eigenvalue weighted by atomic mass is 10.2. The van der Waals surface area contributed by atoms with E-state index in [1.165, 1.54) is 5.56 Å².